The molecule has 1 aliphatic heterocycles. The maximum Gasteiger partial charge on any atom is 0.250 e. The van der Waals surface area contributed by atoms with Crippen molar-refractivity contribution in [2.24, 2.45) is 0 Å². The van der Waals surface area contributed by atoms with Crippen LogP contribution in [0.15, 0.2) is 18.2 Å². The van der Waals surface area contributed by atoms with Crippen molar-refractivity contribution in [3.63, 3.8) is 0 Å². The summed E-state index contributed by atoms with van der Waals surface area (Å²) in [5, 5.41) is 10.0. The first kappa shape index (κ1) is 20.0. The monoisotopic (exact) mass is 405 g/mol. The second-order valence-corrected chi connectivity index (χ2v) is 6.73. The number of nitrogens with zero attached hydrogens (tertiary/aromatic N) is 3. The van der Waals surface area contributed by atoms with Gasteiger partial charge in [0.1, 0.15) is 0 Å². The number of amides is 1. The molecule has 0 unspecified atom stereocenters. The van der Waals surface area contributed by atoms with Crippen LogP contribution in [-0.4, -0.2) is 47.9 Å². The van der Waals surface area contributed by atoms with Crippen molar-refractivity contribution < 1.29 is 14.3 Å². The Labute approximate surface area is 168 Å². The average molecular weight is 406 g/mol. The lowest BCUT2D eigenvalue weighted by molar-refractivity contribution is -0.111. The molecular formula is C19H24ClN5O3. The first-order valence-electron chi connectivity index (χ1n) is 9.27. The summed E-state index contributed by atoms with van der Waals surface area (Å²) in [5.74, 6) is 1.60. The molecule has 1 aliphatic rings. The number of aromatic nitrogens is 3. The molecule has 150 valence electrons. The van der Waals surface area contributed by atoms with E-state index in [0.717, 1.165) is 31.5 Å². The predicted octanol–water partition coefficient (Wildman–Crippen LogP) is 3.51. The van der Waals surface area contributed by atoms with E-state index in [1.807, 2.05) is 6.92 Å². The lowest BCUT2D eigenvalue weighted by Gasteiger charge is -2.24. The number of halogens is 1. The minimum Gasteiger partial charge on any atom is -0.491 e. The van der Waals surface area contributed by atoms with Crippen LogP contribution in [0, 0.1) is 0 Å². The number of hydrogen-bond donors (Lipinski definition) is 2. The van der Waals surface area contributed by atoms with E-state index in [1.165, 1.54) is 19.6 Å². The minimum atomic E-state index is -0.328. The molecule has 2 N–H and O–H groups in total. The zero-order valence-corrected chi connectivity index (χ0v) is 16.8. The molecule has 0 saturated carbocycles. The summed E-state index contributed by atoms with van der Waals surface area (Å²) >= 11 is 6.22. The lowest BCUT2D eigenvalue weighted by Crippen LogP contribution is -2.30. The third-order valence-electron chi connectivity index (χ3n) is 4.32. The van der Waals surface area contributed by atoms with Crippen LogP contribution < -0.4 is 19.7 Å². The van der Waals surface area contributed by atoms with Crippen LogP contribution in [0.4, 0.5) is 11.9 Å². The number of ether oxygens (including phenoxy) is 2. The van der Waals surface area contributed by atoms with Crippen molar-refractivity contribution in [1.82, 2.24) is 15.2 Å². The van der Waals surface area contributed by atoms with Crippen molar-refractivity contribution >= 4 is 35.5 Å². The molecule has 8 nitrogen and oxygen atoms in total. The molecule has 1 saturated heterocycles. The molecule has 0 radical (unpaired) electrons. The summed E-state index contributed by atoms with van der Waals surface area (Å²) in [5.41, 5.74) is 0.718. The van der Waals surface area contributed by atoms with E-state index in [0.29, 0.717) is 35.0 Å². The van der Waals surface area contributed by atoms with E-state index in [2.05, 4.69) is 25.4 Å². The summed E-state index contributed by atoms with van der Waals surface area (Å²) in [6, 6.07) is 3.47. The summed E-state index contributed by atoms with van der Waals surface area (Å²) in [6.07, 6.45) is 6.54. The first-order chi connectivity index (χ1) is 13.6. The van der Waals surface area contributed by atoms with Gasteiger partial charge in [0.25, 0.3) is 5.91 Å². The zero-order valence-electron chi connectivity index (χ0n) is 16.0. The van der Waals surface area contributed by atoms with Crippen LogP contribution in [0.1, 0.15) is 31.7 Å². The highest BCUT2D eigenvalue weighted by Gasteiger charge is 2.16. The number of piperidine rings is 1. The van der Waals surface area contributed by atoms with Crippen LogP contribution in [0.5, 0.6) is 11.5 Å². The lowest BCUT2D eigenvalue weighted by atomic mass is 10.1. The third-order valence-corrected chi connectivity index (χ3v) is 4.60. The van der Waals surface area contributed by atoms with E-state index < -0.39 is 0 Å². The van der Waals surface area contributed by atoms with Crippen LogP contribution in [0.2, 0.25) is 5.02 Å². The van der Waals surface area contributed by atoms with Gasteiger partial charge in [-0.25, -0.2) is 5.10 Å². The first-order valence-corrected chi connectivity index (χ1v) is 9.65. The Kier molecular flexibility index (Phi) is 6.76. The van der Waals surface area contributed by atoms with E-state index in [4.69, 9.17) is 21.1 Å². The number of H-pyrrole nitrogens is 1. The quantitative estimate of drug-likeness (QED) is 0.685. The normalized spacial score (nSPS) is 14.3. The van der Waals surface area contributed by atoms with Gasteiger partial charge in [-0.3, -0.25) is 10.1 Å². The third kappa shape index (κ3) is 4.95. The molecule has 1 fully saturated rings. The molecule has 2 aromatic rings. The SMILES string of the molecule is CCOc1cc(/C=C/C(=O)Nc2nc(N3CCCCC3)n[nH]2)cc(Cl)c1OC. The molecule has 28 heavy (non-hydrogen) atoms. The Morgan fingerprint density at radius 2 is 2.14 bits per heavy atom. The van der Waals surface area contributed by atoms with Gasteiger partial charge in [0.05, 0.1) is 18.7 Å². The molecule has 9 heteroatoms. The number of methoxy groups -OCH3 is 1. The second kappa shape index (κ2) is 9.45. The molecule has 0 spiro atoms. The number of anilines is 2. The second-order valence-electron chi connectivity index (χ2n) is 6.32. The highest BCUT2D eigenvalue weighted by atomic mass is 35.5. The fraction of sp³-hybridized carbons (Fsp3) is 0.421. The molecule has 1 amide bonds. The Bertz CT molecular complexity index is 846. The highest BCUT2D eigenvalue weighted by Crippen LogP contribution is 2.36. The maximum absolute atomic E-state index is 12.2. The standard InChI is InChI=1S/C19H24ClN5O3/c1-3-28-15-12-13(11-14(20)17(15)27-2)7-8-16(26)21-18-22-19(24-23-18)25-9-5-4-6-10-25/h7-8,11-12H,3-6,9-10H2,1-2H3,(H2,21,22,23,24,26)/b8-7+. The van der Waals surface area contributed by atoms with Crippen molar-refractivity contribution in [2.75, 3.05) is 37.0 Å². The largest absolute Gasteiger partial charge is 0.491 e. The molecule has 3 rings (SSSR count). The fourth-order valence-corrected chi connectivity index (χ4v) is 3.32. The van der Waals surface area contributed by atoms with Gasteiger partial charge in [-0.05, 0) is 50.0 Å². The van der Waals surface area contributed by atoms with Gasteiger partial charge < -0.3 is 14.4 Å². The van der Waals surface area contributed by atoms with E-state index in [1.54, 1.807) is 18.2 Å². The molecule has 1 aromatic carbocycles. The summed E-state index contributed by atoms with van der Waals surface area (Å²) in [7, 11) is 1.53. The number of benzene rings is 1. The molecule has 0 atom stereocenters. The van der Waals surface area contributed by atoms with Gasteiger partial charge in [-0.15, -0.1) is 5.10 Å². The minimum absolute atomic E-state index is 0.318. The Hall–Kier alpha value is -2.74. The molecule has 1 aromatic heterocycles. The van der Waals surface area contributed by atoms with E-state index in [-0.39, 0.29) is 5.91 Å². The van der Waals surface area contributed by atoms with E-state index >= 15 is 0 Å². The fourth-order valence-electron chi connectivity index (χ4n) is 3.02. The molecule has 2 heterocycles. The van der Waals surface area contributed by atoms with Crippen molar-refractivity contribution in [3.05, 3.63) is 28.8 Å². The van der Waals surface area contributed by atoms with Crippen LogP contribution >= 0.6 is 11.6 Å². The Morgan fingerprint density at radius 1 is 1.36 bits per heavy atom. The maximum atomic E-state index is 12.2. The number of aromatic amines is 1. The van der Waals surface area contributed by atoms with E-state index in [9.17, 15) is 4.79 Å². The highest BCUT2D eigenvalue weighted by molar-refractivity contribution is 6.32. The smallest absolute Gasteiger partial charge is 0.250 e. The van der Waals surface area contributed by atoms with Crippen molar-refractivity contribution in [1.29, 1.82) is 0 Å². The number of carbonyl (C=O) groups is 1. The van der Waals surface area contributed by atoms with Gasteiger partial charge in [0.15, 0.2) is 11.5 Å². The summed E-state index contributed by atoms with van der Waals surface area (Å²) in [4.78, 5) is 18.7. The van der Waals surface area contributed by atoms with Gasteiger partial charge in [0.2, 0.25) is 11.9 Å². The number of rotatable bonds is 7. The van der Waals surface area contributed by atoms with Crippen molar-refractivity contribution in [2.45, 2.75) is 26.2 Å². The molecule has 0 bridgehead atoms. The number of nitrogens with one attached hydrogen (secondary N) is 2. The summed E-state index contributed by atoms with van der Waals surface area (Å²) < 4.78 is 10.8. The van der Waals surface area contributed by atoms with Crippen molar-refractivity contribution in [3.8, 4) is 11.5 Å². The van der Waals surface area contributed by atoms with Gasteiger partial charge in [-0.2, -0.15) is 4.98 Å². The Morgan fingerprint density at radius 3 is 2.86 bits per heavy atom. The zero-order chi connectivity index (χ0) is 19.9. The van der Waals surface area contributed by atoms with Crippen LogP contribution in [-0.2, 0) is 4.79 Å². The molecular weight excluding hydrogens is 382 g/mol. The predicted molar refractivity (Wildman–Crippen MR) is 109 cm³/mol. The van der Waals surface area contributed by atoms with Gasteiger partial charge in [-0.1, -0.05) is 11.6 Å². The topological polar surface area (TPSA) is 92.4 Å². The van der Waals surface area contributed by atoms with Crippen LogP contribution in [0.25, 0.3) is 6.08 Å². The number of carbonyl (C=O) groups excluding carboxylic acids is 1. The number of hydrogen-bond acceptors (Lipinski definition) is 6. The summed E-state index contributed by atoms with van der Waals surface area (Å²) in [6.45, 7) is 4.22. The average Bonchev–Trinajstić information content (AvgIpc) is 3.16. The Balaban J connectivity index is 1.64. The van der Waals surface area contributed by atoms with Gasteiger partial charge >= 0.3 is 0 Å². The molecule has 0 aliphatic carbocycles. The van der Waals surface area contributed by atoms with Crippen LogP contribution in [0.3, 0.4) is 0 Å². The van der Waals surface area contributed by atoms with Gasteiger partial charge in [0, 0.05) is 19.2 Å².